The van der Waals surface area contributed by atoms with Crippen molar-refractivity contribution in [2.75, 3.05) is 46.8 Å². The first kappa shape index (κ1) is 24.4. The second-order valence-electron chi connectivity index (χ2n) is 6.75. The fourth-order valence-electron chi connectivity index (χ4n) is 2.98. The minimum absolute atomic E-state index is 0. The Morgan fingerprint density at radius 3 is 2.60 bits per heavy atom. The standard InChI is InChI=1S/C18H37N5O.HI/c1-5-7-8-9-12-19-18(21-15-17(24)22(3)4)20-14-16-11-10-13-23(16)6-2;/h16H,5-15H2,1-4H3,(H2,19,20,21);1H. The smallest absolute Gasteiger partial charge is 0.243 e. The van der Waals surface area contributed by atoms with E-state index in [1.54, 1.807) is 19.0 Å². The molecule has 0 aliphatic carbocycles. The first-order valence-electron chi connectivity index (χ1n) is 9.54. The molecule has 2 N–H and O–H groups in total. The molecule has 1 amide bonds. The number of nitrogens with zero attached hydrogens (tertiary/aromatic N) is 3. The van der Waals surface area contributed by atoms with Gasteiger partial charge >= 0.3 is 0 Å². The van der Waals surface area contributed by atoms with Crippen molar-refractivity contribution in [1.29, 1.82) is 0 Å². The van der Waals surface area contributed by atoms with Crippen LogP contribution in [0.2, 0.25) is 0 Å². The molecule has 148 valence electrons. The zero-order chi connectivity index (χ0) is 17.8. The Morgan fingerprint density at radius 2 is 1.96 bits per heavy atom. The minimum Gasteiger partial charge on any atom is -0.356 e. The maximum absolute atomic E-state index is 11.8. The second-order valence-corrected chi connectivity index (χ2v) is 6.75. The van der Waals surface area contributed by atoms with E-state index < -0.39 is 0 Å². The molecule has 1 aliphatic heterocycles. The lowest BCUT2D eigenvalue weighted by molar-refractivity contribution is -0.127. The number of nitrogens with one attached hydrogen (secondary N) is 2. The van der Waals surface area contributed by atoms with Crippen LogP contribution in [0.1, 0.15) is 52.4 Å². The van der Waals surface area contributed by atoms with Crippen molar-refractivity contribution in [2.45, 2.75) is 58.4 Å². The Kier molecular flexibility index (Phi) is 14.3. The third kappa shape index (κ3) is 10.2. The molecule has 1 heterocycles. The number of likely N-dealkylation sites (N-methyl/N-ethyl adjacent to an activating group) is 2. The van der Waals surface area contributed by atoms with Gasteiger partial charge in [-0.3, -0.25) is 9.69 Å². The van der Waals surface area contributed by atoms with E-state index in [9.17, 15) is 4.79 Å². The Morgan fingerprint density at radius 1 is 1.20 bits per heavy atom. The van der Waals surface area contributed by atoms with E-state index in [4.69, 9.17) is 0 Å². The first-order chi connectivity index (χ1) is 11.6. The van der Waals surface area contributed by atoms with Crippen LogP contribution in [0, 0.1) is 0 Å². The molecule has 0 aromatic heterocycles. The number of hydrogen-bond acceptors (Lipinski definition) is 3. The van der Waals surface area contributed by atoms with Crippen molar-refractivity contribution in [3.63, 3.8) is 0 Å². The van der Waals surface area contributed by atoms with Crippen molar-refractivity contribution in [3.8, 4) is 0 Å². The molecular formula is C18H38IN5O. The highest BCUT2D eigenvalue weighted by Crippen LogP contribution is 2.15. The summed E-state index contributed by atoms with van der Waals surface area (Å²) in [6.45, 7) is 8.72. The van der Waals surface area contributed by atoms with Gasteiger partial charge < -0.3 is 15.5 Å². The summed E-state index contributed by atoms with van der Waals surface area (Å²) in [4.78, 5) is 20.3. The van der Waals surface area contributed by atoms with Crippen LogP contribution >= 0.6 is 24.0 Å². The Labute approximate surface area is 171 Å². The van der Waals surface area contributed by atoms with Crippen molar-refractivity contribution < 1.29 is 4.79 Å². The van der Waals surface area contributed by atoms with Crippen LogP contribution in [0.15, 0.2) is 4.99 Å². The van der Waals surface area contributed by atoms with Crippen molar-refractivity contribution >= 4 is 35.8 Å². The molecule has 0 spiro atoms. The number of likely N-dealkylation sites (tertiary alicyclic amines) is 1. The molecule has 7 heteroatoms. The van der Waals surface area contributed by atoms with Gasteiger partial charge in [0.2, 0.25) is 5.91 Å². The van der Waals surface area contributed by atoms with Crippen molar-refractivity contribution in [2.24, 2.45) is 4.99 Å². The lowest BCUT2D eigenvalue weighted by atomic mass is 10.2. The maximum atomic E-state index is 11.8. The lowest BCUT2D eigenvalue weighted by Gasteiger charge is -2.24. The van der Waals surface area contributed by atoms with E-state index in [1.807, 2.05) is 0 Å². The minimum atomic E-state index is 0. The fourth-order valence-corrected chi connectivity index (χ4v) is 2.98. The third-order valence-corrected chi connectivity index (χ3v) is 4.60. The molecule has 6 nitrogen and oxygen atoms in total. The van der Waals surface area contributed by atoms with Crippen LogP contribution in [0.25, 0.3) is 0 Å². The Balaban J connectivity index is 0.00000576. The Hall–Kier alpha value is -0.570. The van der Waals surface area contributed by atoms with Crippen LogP contribution in [0.4, 0.5) is 0 Å². The van der Waals surface area contributed by atoms with Crippen LogP contribution in [-0.2, 0) is 4.79 Å². The van der Waals surface area contributed by atoms with Crippen LogP contribution in [0.5, 0.6) is 0 Å². The molecule has 1 rings (SSSR count). The van der Waals surface area contributed by atoms with E-state index in [0.717, 1.165) is 32.0 Å². The molecule has 1 saturated heterocycles. The average Bonchev–Trinajstić information content (AvgIpc) is 3.03. The summed E-state index contributed by atoms with van der Waals surface area (Å²) in [6, 6.07) is 0.576. The highest BCUT2D eigenvalue weighted by molar-refractivity contribution is 14.0. The van der Waals surface area contributed by atoms with Crippen molar-refractivity contribution in [1.82, 2.24) is 20.4 Å². The number of aliphatic imine (C=N–C) groups is 1. The van der Waals surface area contributed by atoms with Gasteiger partial charge in [-0.15, -0.1) is 24.0 Å². The SMILES string of the molecule is CCCCCCNC(=NCC(=O)N(C)C)NCC1CCCN1CC.I. The van der Waals surface area contributed by atoms with E-state index in [0.29, 0.717) is 6.04 Å². The fraction of sp³-hybridized carbons (Fsp3) is 0.889. The van der Waals surface area contributed by atoms with Gasteiger partial charge in [0.15, 0.2) is 5.96 Å². The lowest BCUT2D eigenvalue weighted by Crippen LogP contribution is -2.45. The topological polar surface area (TPSA) is 60.0 Å². The molecular weight excluding hydrogens is 429 g/mol. The summed E-state index contributed by atoms with van der Waals surface area (Å²) >= 11 is 0. The predicted molar refractivity (Wildman–Crippen MR) is 117 cm³/mol. The molecule has 1 aliphatic rings. The van der Waals surface area contributed by atoms with Gasteiger partial charge in [0.1, 0.15) is 6.54 Å². The van der Waals surface area contributed by atoms with Gasteiger partial charge in [-0.05, 0) is 32.4 Å². The van der Waals surface area contributed by atoms with Gasteiger partial charge in [0.05, 0.1) is 0 Å². The summed E-state index contributed by atoms with van der Waals surface area (Å²) in [5.74, 6) is 0.794. The van der Waals surface area contributed by atoms with E-state index >= 15 is 0 Å². The van der Waals surface area contributed by atoms with Gasteiger partial charge in [-0.25, -0.2) is 4.99 Å². The molecule has 25 heavy (non-hydrogen) atoms. The number of carbonyl (C=O) groups is 1. The number of guanidine groups is 1. The largest absolute Gasteiger partial charge is 0.356 e. The molecule has 0 aromatic carbocycles. The first-order valence-corrected chi connectivity index (χ1v) is 9.54. The molecule has 1 atom stereocenters. The average molecular weight is 467 g/mol. The summed E-state index contributed by atoms with van der Waals surface area (Å²) in [5.41, 5.74) is 0. The molecule has 0 bridgehead atoms. The van der Waals surface area contributed by atoms with Gasteiger partial charge in [-0.1, -0.05) is 33.1 Å². The van der Waals surface area contributed by atoms with Crippen molar-refractivity contribution in [3.05, 3.63) is 0 Å². The highest BCUT2D eigenvalue weighted by Gasteiger charge is 2.22. The normalized spacial score (nSPS) is 17.9. The quantitative estimate of drug-likeness (QED) is 0.224. The third-order valence-electron chi connectivity index (χ3n) is 4.60. The van der Waals surface area contributed by atoms with E-state index in [-0.39, 0.29) is 36.4 Å². The number of rotatable bonds is 10. The summed E-state index contributed by atoms with van der Waals surface area (Å²) in [6.07, 6.45) is 7.40. The molecule has 0 aromatic rings. The second kappa shape index (κ2) is 14.6. The zero-order valence-corrected chi connectivity index (χ0v) is 18.8. The molecule has 1 fully saturated rings. The van der Waals surface area contributed by atoms with E-state index in [1.165, 1.54) is 38.6 Å². The van der Waals surface area contributed by atoms with Crippen LogP contribution < -0.4 is 10.6 Å². The van der Waals surface area contributed by atoms with E-state index in [2.05, 4.69) is 34.4 Å². The summed E-state index contributed by atoms with van der Waals surface area (Å²) in [5, 5.41) is 6.82. The van der Waals surface area contributed by atoms with Gasteiger partial charge in [0, 0.05) is 33.2 Å². The summed E-state index contributed by atoms with van der Waals surface area (Å²) < 4.78 is 0. The highest BCUT2D eigenvalue weighted by atomic mass is 127. The number of halogens is 1. The monoisotopic (exact) mass is 467 g/mol. The van der Waals surface area contributed by atoms with Gasteiger partial charge in [0.25, 0.3) is 0 Å². The predicted octanol–water partition coefficient (Wildman–Crippen LogP) is 2.29. The maximum Gasteiger partial charge on any atom is 0.243 e. The molecule has 0 saturated carbocycles. The summed E-state index contributed by atoms with van der Waals surface area (Å²) in [7, 11) is 3.53. The van der Waals surface area contributed by atoms with Crippen LogP contribution in [-0.4, -0.2) is 74.5 Å². The zero-order valence-electron chi connectivity index (χ0n) is 16.5. The number of hydrogen-bond donors (Lipinski definition) is 2. The number of unbranched alkanes of at least 4 members (excludes halogenated alkanes) is 3. The van der Waals surface area contributed by atoms with Gasteiger partial charge in [-0.2, -0.15) is 0 Å². The molecule has 1 unspecified atom stereocenters. The Bertz CT molecular complexity index is 390. The number of carbonyl (C=O) groups excluding carboxylic acids is 1. The molecule has 0 radical (unpaired) electrons. The van der Waals surface area contributed by atoms with Crippen LogP contribution in [0.3, 0.4) is 0 Å². The number of amides is 1.